The Morgan fingerprint density at radius 1 is 1.40 bits per heavy atom. The molecule has 2 N–H and O–H groups in total. The maximum atomic E-state index is 11.2. The highest BCUT2D eigenvalue weighted by atomic mass is 16.1. The molecule has 1 aliphatic carbocycles. The number of hydrogen-bond donors (Lipinski definition) is 2. The molecule has 2 rings (SSSR count). The third-order valence-electron chi connectivity index (χ3n) is 3.31. The minimum absolute atomic E-state index is 0.113. The summed E-state index contributed by atoms with van der Waals surface area (Å²) in [5.41, 5.74) is 0. The highest BCUT2D eigenvalue weighted by molar-refractivity contribution is 5.77. The Labute approximate surface area is 91.4 Å². The van der Waals surface area contributed by atoms with Gasteiger partial charge in [0, 0.05) is 19.1 Å². The first-order chi connectivity index (χ1) is 7.29. The number of amides is 1. The van der Waals surface area contributed by atoms with Gasteiger partial charge in [0.2, 0.25) is 5.91 Å². The van der Waals surface area contributed by atoms with Gasteiger partial charge in [-0.2, -0.15) is 0 Å². The predicted molar refractivity (Wildman–Crippen MR) is 59.6 cm³/mol. The molecule has 0 spiro atoms. The topological polar surface area (TPSA) is 44.4 Å². The molecule has 1 unspecified atom stereocenters. The molecule has 15 heavy (non-hydrogen) atoms. The largest absolute Gasteiger partial charge is 0.355 e. The smallest absolute Gasteiger partial charge is 0.233 e. The molecule has 2 fully saturated rings. The molecule has 1 atom stereocenters. The van der Waals surface area contributed by atoms with Crippen LogP contribution in [0.25, 0.3) is 0 Å². The van der Waals surface area contributed by atoms with E-state index in [0.717, 1.165) is 12.6 Å². The van der Waals surface area contributed by atoms with Gasteiger partial charge in [0.15, 0.2) is 0 Å². The zero-order chi connectivity index (χ0) is 10.7. The summed E-state index contributed by atoms with van der Waals surface area (Å²) in [7, 11) is 1.80. The molecule has 0 bridgehead atoms. The van der Waals surface area contributed by atoms with Crippen LogP contribution in [0.3, 0.4) is 0 Å². The van der Waals surface area contributed by atoms with E-state index in [4.69, 9.17) is 0 Å². The highest BCUT2D eigenvalue weighted by Crippen LogP contribution is 2.31. The van der Waals surface area contributed by atoms with Crippen molar-refractivity contribution in [3.63, 3.8) is 0 Å². The lowest BCUT2D eigenvalue weighted by atomic mass is 10.1. The molecule has 2 aliphatic rings. The van der Waals surface area contributed by atoms with Gasteiger partial charge in [-0.3, -0.25) is 4.79 Å². The van der Waals surface area contributed by atoms with E-state index < -0.39 is 0 Å². The van der Waals surface area contributed by atoms with Gasteiger partial charge in [-0.25, -0.2) is 0 Å². The summed E-state index contributed by atoms with van der Waals surface area (Å²) >= 11 is 0. The van der Waals surface area contributed by atoms with Gasteiger partial charge < -0.3 is 15.5 Å². The summed E-state index contributed by atoms with van der Waals surface area (Å²) in [6.45, 7) is 3.70. The highest BCUT2D eigenvalue weighted by Gasteiger charge is 2.34. The first-order valence-electron chi connectivity index (χ1n) is 5.95. The van der Waals surface area contributed by atoms with Gasteiger partial charge in [0.1, 0.15) is 0 Å². The van der Waals surface area contributed by atoms with Gasteiger partial charge in [0.25, 0.3) is 0 Å². The lowest BCUT2D eigenvalue weighted by Crippen LogP contribution is -2.36. The lowest BCUT2D eigenvalue weighted by Gasteiger charge is -2.15. The summed E-state index contributed by atoms with van der Waals surface area (Å²) in [5.74, 6) is 0.786. The molecule has 1 saturated carbocycles. The normalized spacial score (nSPS) is 26.9. The number of likely N-dealkylation sites (tertiary alicyclic amines) is 1. The molecule has 0 radical (unpaired) electrons. The van der Waals surface area contributed by atoms with Crippen molar-refractivity contribution in [1.29, 1.82) is 0 Å². The second-order valence-corrected chi connectivity index (χ2v) is 4.72. The molecule has 1 heterocycles. The van der Waals surface area contributed by atoms with E-state index in [0.29, 0.717) is 12.5 Å². The minimum atomic E-state index is 0.113. The standard InChI is InChI=1S/C11H21N3O/c1-12-7-11(15)13-6-9-4-5-14(8-9)10-2-3-10/h9-10,12H,2-8H2,1H3,(H,13,15). The Morgan fingerprint density at radius 2 is 2.20 bits per heavy atom. The molecule has 0 aromatic carbocycles. The van der Waals surface area contributed by atoms with E-state index in [1.807, 2.05) is 0 Å². The number of hydrogen-bond acceptors (Lipinski definition) is 3. The van der Waals surface area contributed by atoms with Gasteiger partial charge in [-0.1, -0.05) is 0 Å². The fourth-order valence-corrected chi connectivity index (χ4v) is 2.28. The molecule has 86 valence electrons. The average Bonchev–Trinajstić information content (AvgIpc) is 2.96. The van der Waals surface area contributed by atoms with Gasteiger partial charge in [-0.15, -0.1) is 0 Å². The molecule has 1 saturated heterocycles. The van der Waals surface area contributed by atoms with Crippen molar-refractivity contribution in [2.75, 3.05) is 33.2 Å². The van der Waals surface area contributed by atoms with Gasteiger partial charge >= 0.3 is 0 Å². The summed E-state index contributed by atoms with van der Waals surface area (Å²) in [6.07, 6.45) is 4.02. The van der Waals surface area contributed by atoms with Crippen molar-refractivity contribution in [2.45, 2.75) is 25.3 Å². The quantitative estimate of drug-likeness (QED) is 0.662. The lowest BCUT2D eigenvalue weighted by molar-refractivity contribution is -0.120. The molecular formula is C11H21N3O. The van der Waals surface area contributed by atoms with Crippen LogP contribution in [-0.4, -0.2) is 50.1 Å². The van der Waals surface area contributed by atoms with Crippen LogP contribution in [0.5, 0.6) is 0 Å². The fraction of sp³-hybridized carbons (Fsp3) is 0.909. The van der Waals surface area contributed by atoms with Gasteiger partial charge in [0.05, 0.1) is 6.54 Å². The monoisotopic (exact) mass is 211 g/mol. The van der Waals surface area contributed by atoms with E-state index in [-0.39, 0.29) is 5.91 Å². The van der Waals surface area contributed by atoms with Crippen LogP contribution in [0.4, 0.5) is 0 Å². The molecular weight excluding hydrogens is 190 g/mol. The van der Waals surface area contributed by atoms with Crippen LogP contribution in [0.15, 0.2) is 0 Å². The van der Waals surface area contributed by atoms with E-state index in [1.165, 1.54) is 32.4 Å². The van der Waals surface area contributed by atoms with Crippen LogP contribution in [0, 0.1) is 5.92 Å². The number of nitrogens with one attached hydrogen (secondary N) is 2. The third-order valence-corrected chi connectivity index (χ3v) is 3.31. The Bertz CT molecular complexity index is 228. The zero-order valence-corrected chi connectivity index (χ0v) is 9.46. The number of nitrogens with zero attached hydrogens (tertiary/aromatic N) is 1. The van der Waals surface area contributed by atoms with Crippen LogP contribution in [-0.2, 0) is 4.79 Å². The Balaban J connectivity index is 1.61. The van der Waals surface area contributed by atoms with E-state index in [9.17, 15) is 4.79 Å². The number of likely N-dealkylation sites (N-methyl/N-ethyl adjacent to an activating group) is 1. The maximum absolute atomic E-state index is 11.2. The SMILES string of the molecule is CNCC(=O)NCC1CCN(C2CC2)C1. The second kappa shape index (κ2) is 4.94. The van der Waals surface area contributed by atoms with Crippen molar-refractivity contribution in [2.24, 2.45) is 5.92 Å². The average molecular weight is 211 g/mol. The zero-order valence-electron chi connectivity index (χ0n) is 9.46. The number of rotatable bonds is 5. The van der Waals surface area contributed by atoms with Crippen molar-refractivity contribution in [3.05, 3.63) is 0 Å². The van der Waals surface area contributed by atoms with E-state index in [1.54, 1.807) is 7.05 Å². The first-order valence-corrected chi connectivity index (χ1v) is 5.95. The van der Waals surface area contributed by atoms with Gasteiger partial charge in [-0.05, 0) is 38.8 Å². The second-order valence-electron chi connectivity index (χ2n) is 4.72. The number of carbonyl (C=O) groups is 1. The Hall–Kier alpha value is -0.610. The van der Waals surface area contributed by atoms with E-state index >= 15 is 0 Å². The summed E-state index contributed by atoms with van der Waals surface area (Å²) in [6, 6.07) is 0.878. The van der Waals surface area contributed by atoms with Crippen molar-refractivity contribution < 1.29 is 4.79 Å². The van der Waals surface area contributed by atoms with Crippen LogP contribution in [0.1, 0.15) is 19.3 Å². The third kappa shape index (κ3) is 3.18. The molecule has 4 nitrogen and oxygen atoms in total. The van der Waals surface area contributed by atoms with E-state index in [2.05, 4.69) is 15.5 Å². The predicted octanol–water partition coefficient (Wildman–Crippen LogP) is -0.194. The summed E-state index contributed by atoms with van der Waals surface area (Å²) in [5, 5.41) is 5.83. The Morgan fingerprint density at radius 3 is 2.87 bits per heavy atom. The first kappa shape index (κ1) is 10.9. The van der Waals surface area contributed by atoms with Crippen molar-refractivity contribution in [3.8, 4) is 0 Å². The van der Waals surface area contributed by atoms with Crippen molar-refractivity contribution in [1.82, 2.24) is 15.5 Å². The summed E-state index contributed by atoms with van der Waals surface area (Å²) in [4.78, 5) is 13.8. The maximum Gasteiger partial charge on any atom is 0.233 e. The van der Waals surface area contributed by atoms with Crippen LogP contribution < -0.4 is 10.6 Å². The van der Waals surface area contributed by atoms with Crippen molar-refractivity contribution >= 4 is 5.91 Å². The molecule has 0 aromatic heterocycles. The molecule has 0 aromatic rings. The fourth-order valence-electron chi connectivity index (χ4n) is 2.28. The molecule has 1 aliphatic heterocycles. The molecule has 4 heteroatoms. The summed E-state index contributed by atoms with van der Waals surface area (Å²) < 4.78 is 0. The molecule has 1 amide bonds. The van der Waals surface area contributed by atoms with Crippen LogP contribution >= 0.6 is 0 Å². The number of carbonyl (C=O) groups excluding carboxylic acids is 1. The Kier molecular flexibility index (Phi) is 3.59. The minimum Gasteiger partial charge on any atom is -0.355 e. The van der Waals surface area contributed by atoms with Crippen LogP contribution in [0.2, 0.25) is 0 Å².